The van der Waals surface area contributed by atoms with Gasteiger partial charge in [0.15, 0.2) is 6.04 Å². The summed E-state index contributed by atoms with van der Waals surface area (Å²) in [6.07, 6.45) is 0.711. The zero-order valence-electron chi connectivity index (χ0n) is 14.5. The molecule has 1 atom stereocenters. The molecule has 0 saturated carbocycles. The molecule has 2 rings (SSSR count). The number of nitrogens with one attached hydrogen (secondary N) is 1. The Balaban J connectivity index is 2.29. The summed E-state index contributed by atoms with van der Waals surface area (Å²) in [6, 6.07) is 5.67. The monoisotopic (exact) mass is 347 g/mol. The molecule has 1 aromatic carbocycles. The summed E-state index contributed by atoms with van der Waals surface area (Å²) in [7, 11) is 0. The molecule has 6 nitrogen and oxygen atoms in total. The lowest BCUT2D eigenvalue weighted by Crippen LogP contribution is -2.35. The number of hydrogen-bond acceptors (Lipinski definition) is 3. The second-order valence-corrected chi connectivity index (χ2v) is 6.20. The van der Waals surface area contributed by atoms with Crippen LogP contribution in [0.3, 0.4) is 0 Å². The average Bonchev–Trinajstić information content (AvgIpc) is 2.95. The van der Waals surface area contributed by atoms with Gasteiger partial charge in [-0.05, 0) is 31.4 Å². The van der Waals surface area contributed by atoms with Crippen LogP contribution in [0.5, 0.6) is 0 Å². The van der Waals surface area contributed by atoms with Gasteiger partial charge in [-0.3, -0.25) is 9.48 Å². The number of carbonyl (C=O) groups is 2. The molecular formula is C18H22FN3O3. The fourth-order valence-corrected chi connectivity index (χ4v) is 2.60. The summed E-state index contributed by atoms with van der Waals surface area (Å²) in [5.41, 5.74) is 0.939. The van der Waals surface area contributed by atoms with E-state index >= 15 is 0 Å². The topological polar surface area (TPSA) is 84.2 Å². The summed E-state index contributed by atoms with van der Waals surface area (Å²) in [5.74, 6) is -2.23. The van der Waals surface area contributed by atoms with Gasteiger partial charge in [0.25, 0.3) is 5.91 Å². The van der Waals surface area contributed by atoms with Crippen LogP contribution in [0, 0.1) is 11.7 Å². The van der Waals surface area contributed by atoms with E-state index in [4.69, 9.17) is 0 Å². The van der Waals surface area contributed by atoms with E-state index in [1.807, 2.05) is 20.8 Å². The minimum atomic E-state index is -1.47. The number of aliphatic carboxylic acids is 1. The number of amides is 1. The molecule has 1 aromatic heterocycles. The Kier molecular flexibility index (Phi) is 5.90. The molecule has 2 aromatic rings. The molecule has 0 saturated heterocycles. The molecule has 0 spiro atoms. The number of nitrogens with zero attached hydrogens (tertiary/aromatic N) is 2. The number of rotatable bonds is 7. The van der Waals surface area contributed by atoms with Crippen molar-refractivity contribution in [3.8, 4) is 0 Å². The van der Waals surface area contributed by atoms with Crippen LogP contribution >= 0.6 is 0 Å². The van der Waals surface area contributed by atoms with Crippen LogP contribution in [0.25, 0.3) is 0 Å². The number of carbonyl (C=O) groups excluding carboxylic acids is 1. The Labute approximate surface area is 145 Å². The fourth-order valence-electron chi connectivity index (χ4n) is 2.60. The Morgan fingerprint density at radius 3 is 2.56 bits per heavy atom. The molecule has 25 heavy (non-hydrogen) atoms. The van der Waals surface area contributed by atoms with Crippen LogP contribution in [0.1, 0.15) is 48.6 Å². The van der Waals surface area contributed by atoms with Crippen LogP contribution in [-0.4, -0.2) is 26.8 Å². The lowest BCUT2D eigenvalue weighted by molar-refractivity contribution is -0.139. The van der Waals surface area contributed by atoms with Crippen molar-refractivity contribution >= 4 is 11.9 Å². The van der Waals surface area contributed by atoms with E-state index in [9.17, 15) is 19.1 Å². The summed E-state index contributed by atoms with van der Waals surface area (Å²) in [4.78, 5) is 24.1. The molecule has 0 bridgehead atoms. The summed E-state index contributed by atoms with van der Waals surface area (Å²) in [5, 5.41) is 16.2. The van der Waals surface area contributed by atoms with E-state index in [0.717, 1.165) is 11.8 Å². The van der Waals surface area contributed by atoms with Crippen molar-refractivity contribution < 1.29 is 19.1 Å². The SMILES string of the molecule is CCn1nc(CC(C)C)cc1C(=O)N[C@@H](C(=O)O)c1ccccc1F. The zero-order valence-corrected chi connectivity index (χ0v) is 14.5. The second kappa shape index (κ2) is 7.92. The highest BCUT2D eigenvalue weighted by Crippen LogP contribution is 2.18. The quantitative estimate of drug-likeness (QED) is 0.807. The summed E-state index contributed by atoms with van der Waals surface area (Å²) in [6.45, 7) is 6.40. The van der Waals surface area contributed by atoms with E-state index < -0.39 is 23.7 Å². The predicted octanol–water partition coefficient (Wildman–Crippen LogP) is 2.80. The van der Waals surface area contributed by atoms with Gasteiger partial charge in [0, 0.05) is 12.1 Å². The van der Waals surface area contributed by atoms with Gasteiger partial charge in [-0.1, -0.05) is 32.0 Å². The minimum absolute atomic E-state index is 0.0895. The molecule has 1 heterocycles. The molecule has 0 aliphatic carbocycles. The molecular weight excluding hydrogens is 325 g/mol. The number of halogens is 1. The van der Waals surface area contributed by atoms with Gasteiger partial charge in [-0.2, -0.15) is 5.10 Å². The minimum Gasteiger partial charge on any atom is -0.479 e. The van der Waals surface area contributed by atoms with Gasteiger partial charge in [0.1, 0.15) is 11.5 Å². The van der Waals surface area contributed by atoms with Crippen LogP contribution < -0.4 is 5.32 Å². The van der Waals surface area contributed by atoms with Crippen LogP contribution in [0.15, 0.2) is 30.3 Å². The molecule has 0 aliphatic rings. The summed E-state index contributed by atoms with van der Waals surface area (Å²) >= 11 is 0. The highest BCUT2D eigenvalue weighted by atomic mass is 19.1. The molecule has 0 unspecified atom stereocenters. The van der Waals surface area contributed by atoms with Gasteiger partial charge < -0.3 is 10.4 Å². The number of carboxylic acids is 1. The van der Waals surface area contributed by atoms with Crippen LogP contribution in [-0.2, 0) is 17.8 Å². The molecule has 2 N–H and O–H groups in total. The summed E-state index contributed by atoms with van der Waals surface area (Å²) < 4.78 is 15.4. The third-order valence-corrected chi connectivity index (χ3v) is 3.72. The van der Waals surface area contributed by atoms with E-state index in [1.165, 1.54) is 22.9 Å². The van der Waals surface area contributed by atoms with Gasteiger partial charge in [-0.15, -0.1) is 0 Å². The Morgan fingerprint density at radius 1 is 1.32 bits per heavy atom. The van der Waals surface area contributed by atoms with E-state index in [2.05, 4.69) is 10.4 Å². The fraction of sp³-hybridized carbons (Fsp3) is 0.389. The van der Waals surface area contributed by atoms with E-state index in [1.54, 1.807) is 6.07 Å². The van der Waals surface area contributed by atoms with E-state index in [0.29, 0.717) is 18.9 Å². The number of aromatic nitrogens is 2. The number of carboxylic acid groups (broad SMARTS) is 1. The lowest BCUT2D eigenvalue weighted by Gasteiger charge is -2.15. The van der Waals surface area contributed by atoms with Crippen molar-refractivity contribution in [2.75, 3.05) is 0 Å². The molecule has 1 amide bonds. The van der Waals surface area contributed by atoms with Gasteiger partial charge >= 0.3 is 5.97 Å². The maximum atomic E-state index is 13.9. The predicted molar refractivity (Wildman–Crippen MR) is 90.7 cm³/mol. The third-order valence-electron chi connectivity index (χ3n) is 3.72. The number of benzene rings is 1. The van der Waals surface area contributed by atoms with Crippen molar-refractivity contribution in [1.82, 2.24) is 15.1 Å². The van der Waals surface area contributed by atoms with Crippen molar-refractivity contribution in [3.05, 3.63) is 53.1 Å². The van der Waals surface area contributed by atoms with Crippen LogP contribution in [0.4, 0.5) is 4.39 Å². The van der Waals surface area contributed by atoms with Crippen molar-refractivity contribution in [2.45, 2.75) is 39.8 Å². The second-order valence-electron chi connectivity index (χ2n) is 6.20. The highest BCUT2D eigenvalue weighted by molar-refractivity contribution is 5.95. The lowest BCUT2D eigenvalue weighted by atomic mass is 10.1. The Bertz CT molecular complexity index is 771. The van der Waals surface area contributed by atoms with Crippen molar-refractivity contribution in [1.29, 1.82) is 0 Å². The van der Waals surface area contributed by atoms with Crippen molar-refractivity contribution in [2.24, 2.45) is 5.92 Å². The number of hydrogen-bond donors (Lipinski definition) is 2. The van der Waals surface area contributed by atoms with E-state index in [-0.39, 0.29) is 11.3 Å². The standard InChI is InChI=1S/C18H22FN3O3/c1-4-22-15(10-12(21-22)9-11(2)3)17(23)20-16(18(24)25)13-7-5-6-8-14(13)19/h5-8,10-11,16H,4,9H2,1-3H3,(H,20,23)(H,24,25)/t16-/m1/s1. The zero-order chi connectivity index (χ0) is 18.6. The Hall–Kier alpha value is -2.70. The normalized spacial score (nSPS) is 12.2. The molecule has 0 aliphatic heterocycles. The largest absolute Gasteiger partial charge is 0.479 e. The van der Waals surface area contributed by atoms with Gasteiger partial charge in [0.2, 0.25) is 0 Å². The first kappa shape index (κ1) is 18.6. The molecule has 0 radical (unpaired) electrons. The maximum Gasteiger partial charge on any atom is 0.331 e. The maximum absolute atomic E-state index is 13.9. The highest BCUT2D eigenvalue weighted by Gasteiger charge is 2.27. The van der Waals surface area contributed by atoms with Crippen LogP contribution in [0.2, 0.25) is 0 Å². The molecule has 7 heteroatoms. The molecule has 0 fully saturated rings. The third kappa shape index (κ3) is 4.43. The first-order chi connectivity index (χ1) is 11.8. The van der Waals surface area contributed by atoms with Crippen molar-refractivity contribution in [3.63, 3.8) is 0 Å². The first-order valence-electron chi connectivity index (χ1n) is 8.18. The molecule has 134 valence electrons. The number of aryl methyl sites for hydroxylation is 1. The first-order valence-corrected chi connectivity index (χ1v) is 8.18. The average molecular weight is 347 g/mol. The van der Waals surface area contributed by atoms with Gasteiger partial charge in [-0.25, -0.2) is 9.18 Å². The van der Waals surface area contributed by atoms with Gasteiger partial charge in [0.05, 0.1) is 5.69 Å². The Morgan fingerprint density at radius 2 is 2.00 bits per heavy atom. The smallest absolute Gasteiger partial charge is 0.331 e.